The molecular formula is C11H20O3. The minimum absolute atomic E-state index is 0.245. The molecule has 3 nitrogen and oxygen atoms in total. The van der Waals surface area contributed by atoms with Crippen molar-refractivity contribution in [3.05, 3.63) is 0 Å². The lowest BCUT2D eigenvalue weighted by Crippen LogP contribution is -2.35. The molecule has 0 amide bonds. The van der Waals surface area contributed by atoms with Crippen LogP contribution in [0.5, 0.6) is 0 Å². The van der Waals surface area contributed by atoms with E-state index in [4.69, 9.17) is 9.84 Å². The first-order valence-electron chi connectivity index (χ1n) is 5.33. The zero-order chi connectivity index (χ0) is 10.8. The van der Waals surface area contributed by atoms with Gasteiger partial charge in [-0.05, 0) is 46.5 Å². The summed E-state index contributed by atoms with van der Waals surface area (Å²) in [6, 6.07) is 0. The summed E-state index contributed by atoms with van der Waals surface area (Å²) in [5, 5.41) is 9.02. The van der Waals surface area contributed by atoms with Crippen LogP contribution in [0.15, 0.2) is 0 Å². The predicted molar refractivity (Wildman–Crippen MR) is 54.2 cm³/mol. The number of aliphatic carboxylic acids is 1. The maximum absolute atomic E-state index is 11.0. The molecule has 0 heterocycles. The molecule has 0 aromatic carbocycles. The van der Waals surface area contributed by atoms with E-state index in [1.54, 1.807) is 0 Å². The lowest BCUT2D eigenvalue weighted by Gasteiger charge is -2.34. The molecule has 0 aromatic heterocycles. The molecule has 1 N–H and O–H groups in total. The van der Waals surface area contributed by atoms with Crippen LogP contribution in [0.4, 0.5) is 0 Å². The third kappa shape index (κ3) is 2.71. The van der Waals surface area contributed by atoms with Gasteiger partial charge in [0.15, 0.2) is 0 Å². The Labute approximate surface area is 85.5 Å². The van der Waals surface area contributed by atoms with Gasteiger partial charge in [0.2, 0.25) is 0 Å². The van der Waals surface area contributed by atoms with Gasteiger partial charge >= 0.3 is 5.97 Å². The van der Waals surface area contributed by atoms with Crippen molar-refractivity contribution in [3.8, 4) is 0 Å². The molecule has 82 valence electrons. The smallest absolute Gasteiger partial charge is 0.309 e. The fourth-order valence-electron chi connectivity index (χ4n) is 1.96. The lowest BCUT2D eigenvalue weighted by atomic mass is 9.75. The molecule has 0 radical (unpaired) electrons. The molecule has 0 aliphatic heterocycles. The van der Waals surface area contributed by atoms with E-state index in [2.05, 4.69) is 0 Å². The van der Waals surface area contributed by atoms with E-state index in [0.29, 0.717) is 0 Å². The van der Waals surface area contributed by atoms with Crippen molar-refractivity contribution in [1.29, 1.82) is 0 Å². The van der Waals surface area contributed by atoms with Crippen molar-refractivity contribution in [2.75, 3.05) is 0 Å². The highest BCUT2D eigenvalue weighted by Crippen LogP contribution is 2.37. The zero-order valence-corrected chi connectivity index (χ0v) is 9.25. The average molecular weight is 200 g/mol. The summed E-state index contributed by atoms with van der Waals surface area (Å²) in [7, 11) is 0. The highest BCUT2D eigenvalue weighted by Gasteiger charge is 2.37. The number of rotatable bonds is 3. The van der Waals surface area contributed by atoms with Crippen LogP contribution in [0.25, 0.3) is 0 Å². The molecule has 0 bridgehead atoms. The summed E-state index contributed by atoms with van der Waals surface area (Å²) >= 11 is 0. The third-order valence-corrected chi connectivity index (χ3v) is 3.02. The maximum atomic E-state index is 11.0. The van der Waals surface area contributed by atoms with Crippen LogP contribution in [0.2, 0.25) is 0 Å². The maximum Gasteiger partial charge on any atom is 0.309 e. The number of ether oxygens (including phenoxy) is 1. The molecule has 0 aromatic rings. The number of hydrogen-bond acceptors (Lipinski definition) is 2. The van der Waals surface area contributed by atoms with Gasteiger partial charge in [0.25, 0.3) is 0 Å². The second-order valence-corrected chi connectivity index (χ2v) is 4.75. The Morgan fingerprint density at radius 1 is 1.43 bits per heavy atom. The van der Waals surface area contributed by atoms with Crippen LogP contribution in [0.1, 0.15) is 46.5 Å². The minimum atomic E-state index is -0.666. The van der Waals surface area contributed by atoms with Crippen molar-refractivity contribution >= 4 is 5.97 Å². The van der Waals surface area contributed by atoms with Crippen LogP contribution in [0.3, 0.4) is 0 Å². The van der Waals surface area contributed by atoms with Crippen LogP contribution < -0.4 is 0 Å². The van der Waals surface area contributed by atoms with Gasteiger partial charge in [0.1, 0.15) is 0 Å². The summed E-state index contributed by atoms with van der Waals surface area (Å²) in [6.07, 6.45) is 3.73. The van der Waals surface area contributed by atoms with Crippen LogP contribution in [-0.2, 0) is 9.53 Å². The molecule has 1 saturated carbocycles. The number of carbonyl (C=O) groups is 1. The molecule has 1 rings (SSSR count). The lowest BCUT2D eigenvalue weighted by molar-refractivity contribution is -0.152. The van der Waals surface area contributed by atoms with E-state index < -0.39 is 11.4 Å². The van der Waals surface area contributed by atoms with Gasteiger partial charge in [-0.15, -0.1) is 0 Å². The van der Waals surface area contributed by atoms with Crippen LogP contribution in [-0.4, -0.2) is 23.3 Å². The van der Waals surface area contributed by atoms with E-state index in [9.17, 15) is 4.79 Å². The van der Waals surface area contributed by atoms with E-state index in [1.807, 2.05) is 20.8 Å². The Bertz CT molecular complexity index is 203. The van der Waals surface area contributed by atoms with Crippen molar-refractivity contribution in [2.45, 2.75) is 58.7 Å². The van der Waals surface area contributed by atoms with Crippen molar-refractivity contribution < 1.29 is 14.6 Å². The van der Waals surface area contributed by atoms with Gasteiger partial charge in [-0.3, -0.25) is 4.79 Å². The Balaban J connectivity index is 2.42. The van der Waals surface area contributed by atoms with Gasteiger partial charge in [-0.2, -0.15) is 0 Å². The fourth-order valence-corrected chi connectivity index (χ4v) is 1.96. The van der Waals surface area contributed by atoms with Gasteiger partial charge in [-0.1, -0.05) is 0 Å². The Hall–Kier alpha value is -0.570. The molecule has 0 spiro atoms. The minimum Gasteiger partial charge on any atom is -0.481 e. The molecule has 0 saturated heterocycles. The summed E-state index contributed by atoms with van der Waals surface area (Å²) in [4.78, 5) is 11.0. The Morgan fingerprint density at radius 3 is 2.29 bits per heavy atom. The quantitative estimate of drug-likeness (QED) is 0.761. The van der Waals surface area contributed by atoms with E-state index >= 15 is 0 Å². The molecule has 0 atom stereocenters. The highest BCUT2D eigenvalue weighted by atomic mass is 16.5. The largest absolute Gasteiger partial charge is 0.481 e. The number of carboxylic acid groups (broad SMARTS) is 1. The van der Waals surface area contributed by atoms with Gasteiger partial charge in [0.05, 0.1) is 17.6 Å². The van der Waals surface area contributed by atoms with Crippen LogP contribution >= 0.6 is 0 Å². The molecule has 0 unspecified atom stereocenters. The van der Waals surface area contributed by atoms with Gasteiger partial charge in [-0.25, -0.2) is 0 Å². The molecule has 14 heavy (non-hydrogen) atoms. The predicted octanol–water partition coefficient (Wildman–Crippen LogP) is 2.44. The van der Waals surface area contributed by atoms with E-state index in [1.165, 1.54) is 0 Å². The topological polar surface area (TPSA) is 46.5 Å². The standard InChI is InChI=1S/C11H20O3/c1-8(2)14-9-4-6-11(3,7-5-9)10(12)13/h8-9H,4-7H2,1-3H3,(H,12,13)/t9-,11-. The third-order valence-electron chi connectivity index (χ3n) is 3.02. The second-order valence-electron chi connectivity index (χ2n) is 4.75. The first kappa shape index (κ1) is 11.5. The van der Waals surface area contributed by atoms with Crippen molar-refractivity contribution in [3.63, 3.8) is 0 Å². The summed E-state index contributed by atoms with van der Waals surface area (Å²) < 4.78 is 5.67. The molecule has 3 heteroatoms. The Kier molecular flexibility index (Phi) is 3.53. The van der Waals surface area contributed by atoms with Crippen molar-refractivity contribution in [1.82, 2.24) is 0 Å². The summed E-state index contributed by atoms with van der Waals surface area (Å²) in [5.74, 6) is -0.666. The second kappa shape index (κ2) is 4.30. The fraction of sp³-hybridized carbons (Fsp3) is 0.909. The van der Waals surface area contributed by atoms with Crippen LogP contribution in [0, 0.1) is 5.41 Å². The summed E-state index contributed by atoms with van der Waals surface area (Å²) in [6.45, 7) is 5.87. The number of hydrogen-bond donors (Lipinski definition) is 1. The molecule has 1 aliphatic carbocycles. The zero-order valence-electron chi connectivity index (χ0n) is 9.25. The van der Waals surface area contributed by atoms with Gasteiger partial charge in [0, 0.05) is 0 Å². The highest BCUT2D eigenvalue weighted by molar-refractivity contribution is 5.74. The van der Waals surface area contributed by atoms with E-state index in [-0.39, 0.29) is 12.2 Å². The summed E-state index contributed by atoms with van der Waals surface area (Å²) in [5.41, 5.74) is -0.517. The van der Waals surface area contributed by atoms with Gasteiger partial charge < -0.3 is 9.84 Å². The molecule has 1 fully saturated rings. The number of carboxylic acids is 1. The van der Waals surface area contributed by atoms with E-state index in [0.717, 1.165) is 25.7 Å². The first-order chi connectivity index (χ1) is 6.44. The monoisotopic (exact) mass is 200 g/mol. The Morgan fingerprint density at radius 2 is 1.93 bits per heavy atom. The average Bonchev–Trinajstić information content (AvgIpc) is 2.08. The van der Waals surface area contributed by atoms with Crippen molar-refractivity contribution in [2.24, 2.45) is 5.41 Å². The SMILES string of the molecule is CC(C)O[C@H]1CC[C@](C)(C(=O)O)CC1. The normalized spacial score (nSPS) is 33.3. The molecular weight excluding hydrogens is 180 g/mol. The molecule has 1 aliphatic rings. The first-order valence-corrected chi connectivity index (χ1v) is 5.33.